The highest BCUT2D eigenvalue weighted by Crippen LogP contribution is 2.58. The molecule has 0 aromatic heterocycles. The van der Waals surface area contributed by atoms with E-state index in [9.17, 15) is 0 Å². The summed E-state index contributed by atoms with van der Waals surface area (Å²) in [5.74, 6) is 0. The van der Waals surface area contributed by atoms with Crippen LogP contribution in [-0.4, -0.2) is 0 Å². The van der Waals surface area contributed by atoms with Gasteiger partial charge in [0.15, 0.2) is 0 Å². The molecule has 0 fully saturated rings. The van der Waals surface area contributed by atoms with Gasteiger partial charge in [-0.15, -0.1) is 0 Å². The van der Waals surface area contributed by atoms with Crippen molar-refractivity contribution < 1.29 is 0 Å². The number of nitrogens with zero attached hydrogens (tertiary/aromatic N) is 1. The first-order valence-electron chi connectivity index (χ1n) is 18.0. The molecule has 0 spiro atoms. The summed E-state index contributed by atoms with van der Waals surface area (Å²) in [7, 11) is 0. The molecule has 52 heavy (non-hydrogen) atoms. The predicted molar refractivity (Wildman–Crippen MR) is 219 cm³/mol. The zero-order chi connectivity index (χ0) is 34.5. The van der Waals surface area contributed by atoms with Crippen LogP contribution in [0.3, 0.4) is 0 Å². The predicted octanol–water partition coefficient (Wildman–Crippen LogP) is 13.5. The Labute approximate surface area is 304 Å². The number of anilines is 3. The molecule has 0 radical (unpaired) electrons. The summed E-state index contributed by atoms with van der Waals surface area (Å²) in [5, 5.41) is 5.07. The Kier molecular flexibility index (Phi) is 7.11. The summed E-state index contributed by atoms with van der Waals surface area (Å²) in [4.78, 5) is 2.35. The maximum Gasteiger partial charge on any atom is 0.0713 e. The molecule has 1 nitrogen and oxygen atoms in total. The Hall–Kier alpha value is -6.70. The third kappa shape index (κ3) is 4.71. The lowest BCUT2D eigenvalue weighted by Gasteiger charge is -2.34. The van der Waals surface area contributed by atoms with E-state index >= 15 is 0 Å². The Balaban J connectivity index is 1.12. The first-order valence-corrected chi connectivity index (χ1v) is 18.0. The quantitative estimate of drug-likeness (QED) is 0.171. The van der Waals surface area contributed by atoms with Gasteiger partial charge >= 0.3 is 0 Å². The number of hydrogen-bond donors (Lipinski definition) is 0. The zero-order valence-electron chi connectivity index (χ0n) is 28.7. The van der Waals surface area contributed by atoms with Gasteiger partial charge in [-0.2, -0.15) is 0 Å². The van der Waals surface area contributed by atoms with Crippen molar-refractivity contribution in [3.8, 4) is 22.3 Å². The molecular weight excluding hydrogens is 627 g/mol. The average molecular weight is 662 g/mol. The van der Waals surface area contributed by atoms with Gasteiger partial charge in [-0.3, -0.25) is 0 Å². The largest absolute Gasteiger partial charge is 0.311 e. The van der Waals surface area contributed by atoms with Crippen LogP contribution in [0.2, 0.25) is 0 Å². The van der Waals surface area contributed by atoms with Gasteiger partial charge in [-0.25, -0.2) is 0 Å². The third-order valence-electron chi connectivity index (χ3n) is 10.9. The number of rotatable bonds is 6. The van der Waals surface area contributed by atoms with Crippen molar-refractivity contribution >= 4 is 38.6 Å². The molecule has 0 saturated heterocycles. The Bertz CT molecular complexity index is 2710. The van der Waals surface area contributed by atoms with Gasteiger partial charge in [0, 0.05) is 17.1 Å². The lowest BCUT2D eigenvalue weighted by Crippen LogP contribution is -2.28. The van der Waals surface area contributed by atoms with E-state index in [4.69, 9.17) is 0 Å². The maximum atomic E-state index is 2.37. The van der Waals surface area contributed by atoms with Crippen molar-refractivity contribution in [3.05, 3.63) is 235 Å². The molecule has 1 heteroatoms. The minimum Gasteiger partial charge on any atom is -0.311 e. The van der Waals surface area contributed by atoms with Crippen LogP contribution in [-0.2, 0) is 5.41 Å². The average Bonchev–Trinajstić information content (AvgIpc) is 3.53. The van der Waals surface area contributed by atoms with Gasteiger partial charge in [0.1, 0.15) is 0 Å². The topological polar surface area (TPSA) is 3.24 Å². The van der Waals surface area contributed by atoms with Crippen molar-refractivity contribution in [2.45, 2.75) is 5.41 Å². The van der Waals surface area contributed by atoms with Crippen LogP contribution in [0.15, 0.2) is 212 Å². The van der Waals surface area contributed by atoms with E-state index in [1.807, 2.05) is 0 Å². The van der Waals surface area contributed by atoms with Crippen molar-refractivity contribution in [2.24, 2.45) is 0 Å². The Morgan fingerprint density at radius 1 is 0.327 bits per heavy atom. The Morgan fingerprint density at radius 2 is 0.865 bits per heavy atom. The highest BCUT2D eigenvalue weighted by atomic mass is 15.1. The lowest BCUT2D eigenvalue weighted by molar-refractivity contribution is 0.769. The molecule has 0 heterocycles. The molecule has 244 valence electrons. The van der Waals surface area contributed by atoms with Crippen LogP contribution in [0.5, 0.6) is 0 Å². The summed E-state index contributed by atoms with van der Waals surface area (Å²) < 4.78 is 0. The lowest BCUT2D eigenvalue weighted by atomic mass is 9.67. The second kappa shape index (κ2) is 12.3. The van der Waals surface area contributed by atoms with E-state index in [2.05, 4.69) is 217 Å². The monoisotopic (exact) mass is 661 g/mol. The second-order valence-electron chi connectivity index (χ2n) is 13.7. The highest BCUT2D eigenvalue weighted by Gasteiger charge is 2.46. The molecule has 10 rings (SSSR count). The summed E-state index contributed by atoms with van der Waals surface area (Å²) in [5.41, 5.74) is 13.1. The Morgan fingerprint density at radius 3 is 1.63 bits per heavy atom. The molecule has 1 unspecified atom stereocenters. The number of fused-ring (bicyclic) bond motifs is 6. The first kappa shape index (κ1) is 30.2. The van der Waals surface area contributed by atoms with E-state index in [0.29, 0.717) is 0 Å². The molecular formula is C51H35N. The van der Waals surface area contributed by atoms with Crippen LogP contribution in [0.25, 0.3) is 43.8 Å². The number of hydrogen-bond acceptors (Lipinski definition) is 1. The van der Waals surface area contributed by atoms with E-state index < -0.39 is 5.41 Å². The number of benzene rings is 9. The summed E-state index contributed by atoms with van der Waals surface area (Å²) in [6, 6.07) is 77.7. The highest BCUT2D eigenvalue weighted by molar-refractivity contribution is 6.04. The van der Waals surface area contributed by atoms with Crippen molar-refractivity contribution in [1.82, 2.24) is 0 Å². The van der Waals surface area contributed by atoms with Crippen LogP contribution < -0.4 is 4.90 Å². The van der Waals surface area contributed by atoms with Gasteiger partial charge in [-0.1, -0.05) is 170 Å². The summed E-state index contributed by atoms with van der Waals surface area (Å²) in [6.45, 7) is 0. The molecule has 0 saturated carbocycles. The fourth-order valence-corrected chi connectivity index (χ4v) is 8.58. The minimum absolute atomic E-state index is 0.463. The molecule has 9 aromatic carbocycles. The van der Waals surface area contributed by atoms with Crippen LogP contribution in [0.4, 0.5) is 17.1 Å². The van der Waals surface area contributed by atoms with E-state index in [1.54, 1.807) is 0 Å². The van der Waals surface area contributed by atoms with Gasteiger partial charge < -0.3 is 4.90 Å². The van der Waals surface area contributed by atoms with Crippen molar-refractivity contribution in [3.63, 3.8) is 0 Å². The fraction of sp³-hybridized carbons (Fsp3) is 0.0196. The van der Waals surface area contributed by atoms with Crippen LogP contribution in [0.1, 0.15) is 22.3 Å². The SMILES string of the molecule is c1ccc(N(c2ccc(-c3ccc4ccccc4c3)cc2)c2ccc(C3(c4ccccc4)c4ccccc4-c4c3ccc3ccccc43)cc2)cc1. The molecule has 0 amide bonds. The minimum atomic E-state index is -0.463. The normalized spacial score (nSPS) is 14.6. The van der Waals surface area contributed by atoms with Crippen molar-refractivity contribution in [2.75, 3.05) is 4.90 Å². The molecule has 1 atom stereocenters. The maximum absolute atomic E-state index is 2.37. The molecule has 1 aliphatic carbocycles. The first-order chi connectivity index (χ1) is 25.8. The molecule has 0 bridgehead atoms. The molecule has 9 aromatic rings. The van der Waals surface area contributed by atoms with E-state index in [1.165, 1.54) is 66.1 Å². The molecule has 0 N–H and O–H groups in total. The van der Waals surface area contributed by atoms with E-state index in [0.717, 1.165) is 17.1 Å². The number of para-hydroxylation sites is 1. The summed E-state index contributed by atoms with van der Waals surface area (Å²) >= 11 is 0. The standard InChI is InChI=1S/C51H35N/c1-3-16-41(17-4-1)51(48-22-12-11-21-47(48)50-46-20-10-9-14-38(46)27-34-49(50)51)42-28-32-45(33-29-42)52(43-18-5-2-6-19-43)44-30-25-37(26-31-44)40-24-23-36-13-7-8-15-39(36)35-40/h1-35H. The van der Waals surface area contributed by atoms with Crippen LogP contribution in [0, 0.1) is 0 Å². The van der Waals surface area contributed by atoms with Gasteiger partial charge in [0.2, 0.25) is 0 Å². The van der Waals surface area contributed by atoms with Gasteiger partial charge in [-0.05, 0) is 109 Å². The smallest absolute Gasteiger partial charge is 0.0713 e. The van der Waals surface area contributed by atoms with E-state index in [-0.39, 0.29) is 0 Å². The third-order valence-corrected chi connectivity index (χ3v) is 10.9. The fourth-order valence-electron chi connectivity index (χ4n) is 8.58. The zero-order valence-corrected chi connectivity index (χ0v) is 28.7. The second-order valence-corrected chi connectivity index (χ2v) is 13.7. The molecule has 1 aliphatic rings. The van der Waals surface area contributed by atoms with Gasteiger partial charge in [0.25, 0.3) is 0 Å². The summed E-state index contributed by atoms with van der Waals surface area (Å²) in [6.07, 6.45) is 0. The van der Waals surface area contributed by atoms with Gasteiger partial charge in [0.05, 0.1) is 5.41 Å². The van der Waals surface area contributed by atoms with Crippen molar-refractivity contribution in [1.29, 1.82) is 0 Å². The van der Waals surface area contributed by atoms with Crippen LogP contribution >= 0.6 is 0 Å². The molecule has 0 aliphatic heterocycles.